The Morgan fingerprint density at radius 2 is 1.59 bits per heavy atom. The molecule has 0 bridgehead atoms. The van der Waals surface area contributed by atoms with Crippen LogP contribution in [0.2, 0.25) is 0 Å². The maximum absolute atomic E-state index is 13.7. The van der Waals surface area contributed by atoms with E-state index in [1.165, 1.54) is 12.1 Å². The van der Waals surface area contributed by atoms with Crippen LogP contribution in [0.1, 0.15) is 39.7 Å². The number of carbonyl (C=O) groups excluding carboxylic acids is 1. The predicted octanol–water partition coefficient (Wildman–Crippen LogP) is 8.13. The first kappa shape index (κ1) is 29.6. The molecule has 7 rings (SSSR count). The standard InChI is InChI=1S/C36H27F3N2O4S/c1-45-32-17-10-21-6-2-4-8-27(21)29(32)19-23-18-22-7-3-5-9-28(22)33(23)34-30-20-26(15-16-31(30)40-35(34)42)46(43,44)41-25-13-11-24(12-14-25)36(37,38)39/h2-18,20,33-34,41H,19H2,1H3,(H,40,42). The first-order valence-electron chi connectivity index (χ1n) is 14.5. The first-order valence-corrected chi connectivity index (χ1v) is 16.0. The molecule has 2 unspecified atom stereocenters. The van der Waals surface area contributed by atoms with E-state index >= 15 is 0 Å². The number of fused-ring (bicyclic) bond motifs is 3. The van der Waals surface area contributed by atoms with Crippen molar-refractivity contribution in [2.24, 2.45) is 0 Å². The minimum absolute atomic E-state index is 0.0155. The molecule has 1 aliphatic heterocycles. The Labute approximate surface area is 263 Å². The van der Waals surface area contributed by atoms with Gasteiger partial charge in [-0.1, -0.05) is 66.2 Å². The van der Waals surface area contributed by atoms with E-state index in [9.17, 15) is 26.4 Å². The molecule has 1 amide bonds. The Hall–Kier alpha value is -5.09. The van der Waals surface area contributed by atoms with Crippen molar-refractivity contribution >= 4 is 44.2 Å². The number of anilines is 2. The Morgan fingerprint density at radius 1 is 0.848 bits per heavy atom. The molecular formula is C36H27F3N2O4S. The Balaban J connectivity index is 1.27. The summed E-state index contributed by atoms with van der Waals surface area (Å²) in [4.78, 5) is 13.6. The molecule has 2 N–H and O–H groups in total. The van der Waals surface area contributed by atoms with Gasteiger partial charge in [0, 0.05) is 22.9 Å². The van der Waals surface area contributed by atoms with Gasteiger partial charge in [-0.15, -0.1) is 0 Å². The lowest BCUT2D eigenvalue weighted by atomic mass is 9.78. The van der Waals surface area contributed by atoms with Gasteiger partial charge in [0.2, 0.25) is 5.91 Å². The van der Waals surface area contributed by atoms with E-state index in [0.29, 0.717) is 17.7 Å². The maximum Gasteiger partial charge on any atom is 0.416 e. The fourth-order valence-electron chi connectivity index (χ4n) is 6.57. The summed E-state index contributed by atoms with van der Waals surface area (Å²) in [5.74, 6) is -0.639. The summed E-state index contributed by atoms with van der Waals surface area (Å²) in [6.07, 6.45) is -1.95. The molecule has 5 aromatic rings. The average Bonchev–Trinajstić information content (AvgIpc) is 3.55. The number of allylic oxidation sites excluding steroid dienone is 1. The number of nitrogens with one attached hydrogen (secondary N) is 2. The van der Waals surface area contributed by atoms with Gasteiger partial charge in [-0.2, -0.15) is 13.2 Å². The minimum atomic E-state index is -4.54. The number of amides is 1. The number of alkyl halides is 3. The van der Waals surface area contributed by atoms with Crippen LogP contribution in [0.5, 0.6) is 5.75 Å². The van der Waals surface area contributed by atoms with Crippen molar-refractivity contribution in [2.45, 2.75) is 29.3 Å². The smallest absolute Gasteiger partial charge is 0.416 e. The van der Waals surface area contributed by atoms with Crippen LogP contribution < -0.4 is 14.8 Å². The molecule has 46 heavy (non-hydrogen) atoms. The number of sulfonamides is 1. The van der Waals surface area contributed by atoms with Gasteiger partial charge in [-0.25, -0.2) is 8.42 Å². The molecule has 1 aliphatic carbocycles. The molecule has 0 saturated carbocycles. The van der Waals surface area contributed by atoms with E-state index < -0.39 is 27.7 Å². The highest BCUT2D eigenvalue weighted by atomic mass is 32.2. The van der Waals surface area contributed by atoms with Crippen LogP contribution >= 0.6 is 0 Å². The molecular weight excluding hydrogens is 613 g/mol. The van der Waals surface area contributed by atoms with Crippen molar-refractivity contribution < 1.29 is 31.1 Å². The van der Waals surface area contributed by atoms with Gasteiger partial charge in [0.1, 0.15) is 5.75 Å². The van der Waals surface area contributed by atoms with Crippen LogP contribution in [-0.2, 0) is 27.4 Å². The molecule has 0 saturated heterocycles. The lowest BCUT2D eigenvalue weighted by Crippen LogP contribution is -2.21. The SMILES string of the molecule is COc1ccc2ccccc2c1CC1=Cc2ccccc2C1C1C(=O)Nc2ccc(S(=O)(=O)Nc3ccc(C(F)(F)F)cc3)cc21. The van der Waals surface area contributed by atoms with Crippen LogP contribution in [0.15, 0.2) is 114 Å². The predicted molar refractivity (Wildman–Crippen MR) is 171 cm³/mol. The van der Waals surface area contributed by atoms with Gasteiger partial charge in [-0.3, -0.25) is 9.52 Å². The number of carbonyl (C=O) groups is 1. The van der Waals surface area contributed by atoms with Crippen molar-refractivity contribution in [1.82, 2.24) is 0 Å². The van der Waals surface area contributed by atoms with Gasteiger partial charge in [0.05, 0.1) is 23.5 Å². The Morgan fingerprint density at radius 3 is 2.35 bits per heavy atom. The quantitative estimate of drug-likeness (QED) is 0.188. The third kappa shape index (κ3) is 5.18. The van der Waals surface area contributed by atoms with Crippen molar-refractivity contribution in [3.63, 3.8) is 0 Å². The molecule has 0 aromatic heterocycles. The van der Waals surface area contributed by atoms with E-state index in [0.717, 1.165) is 63.1 Å². The maximum atomic E-state index is 13.7. The van der Waals surface area contributed by atoms with E-state index in [4.69, 9.17) is 4.74 Å². The van der Waals surface area contributed by atoms with Crippen molar-refractivity contribution in [2.75, 3.05) is 17.1 Å². The lowest BCUT2D eigenvalue weighted by molar-refractivity contribution is -0.137. The molecule has 0 spiro atoms. The number of hydrogen-bond donors (Lipinski definition) is 2. The summed E-state index contributed by atoms with van der Waals surface area (Å²) < 4.78 is 74.0. The monoisotopic (exact) mass is 640 g/mol. The Kier molecular flexibility index (Phi) is 7.12. The number of hydrogen-bond acceptors (Lipinski definition) is 4. The summed E-state index contributed by atoms with van der Waals surface area (Å²) in [5, 5.41) is 5.03. The van der Waals surface area contributed by atoms with Crippen molar-refractivity contribution in [3.8, 4) is 5.75 Å². The first-order chi connectivity index (χ1) is 22.0. The van der Waals surface area contributed by atoms with Crippen LogP contribution in [0.3, 0.4) is 0 Å². The number of benzene rings is 5. The largest absolute Gasteiger partial charge is 0.496 e. The number of ether oxygens (including phenoxy) is 1. The third-order valence-corrected chi connectivity index (χ3v) is 10.1. The van der Waals surface area contributed by atoms with E-state index in [-0.39, 0.29) is 22.4 Å². The summed E-state index contributed by atoms with van der Waals surface area (Å²) in [5.41, 5.74) is 4.05. The number of rotatable bonds is 7. The van der Waals surface area contributed by atoms with E-state index in [1.807, 2.05) is 60.7 Å². The molecule has 5 aromatic carbocycles. The van der Waals surface area contributed by atoms with Crippen LogP contribution in [0.25, 0.3) is 16.8 Å². The van der Waals surface area contributed by atoms with Gasteiger partial charge in [0.25, 0.3) is 10.0 Å². The van der Waals surface area contributed by atoms with Gasteiger partial charge >= 0.3 is 6.18 Å². The van der Waals surface area contributed by atoms with Gasteiger partial charge in [-0.05, 0) is 82.4 Å². The molecule has 2 aliphatic rings. The summed E-state index contributed by atoms with van der Waals surface area (Å²) in [7, 11) is -2.58. The molecule has 2 atom stereocenters. The zero-order valence-corrected chi connectivity index (χ0v) is 25.2. The highest BCUT2D eigenvalue weighted by Gasteiger charge is 2.43. The highest BCUT2D eigenvalue weighted by Crippen LogP contribution is 2.51. The second-order valence-electron chi connectivity index (χ2n) is 11.4. The molecule has 0 radical (unpaired) electrons. The highest BCUT2D eigenvalue weighted by molar-refractivity contribution is 7.92. The van der Waals surface area contributed by atoms with E-state index in [2.05, 4.69) is 16.1 Å². The fourth-order valence-corrected chi connectivity index (χ4v) is 7.66. The summed E-state index contributed by atoms with van der Waals surface area (Å²) >= 11 is 0. The van der Waals surface area contributed by atoms with Gasteiger partial charge in [0.15, 0.2) is 0 Å². The van der Waals surface area contributed by atoms with Crippen LogP contribution in [-0.4, -0.2) is 21.4 Å². The Bertz CT molecular complexity index is 2160. The lowest BCUT2D eigenvalue weighted by Gasteiger charge is -2.24. The molecule has 0 fully saturated rings. The third-order valence-electron chi connectivity index (χ3n) is 8.68. The zero-order chi connectivity index (χ0) is 32.2. The number of methoxy groups -OCH3 is 1. The molecule has 10 heteroatoms. The number of halogens is 3. The van der Waals surface area contributed by atoms with Crippen molar-refractivity contribution in [3.05, 3.63) is 137 Å². The average molecular weight is 641 g/mol. The molecule has 232 valence electrons. The second-order valence-corrected chi connectivity index (χ2v) is 13.0. The fraction of sp³-hybridized carbons (Fsp3) is 0.139. The molecule has 6 nitrogen and oxygen atoms in total. The van der Waals surface area contributed by atoms with Crippen LogP contribution in [0.4, 0.5) is 24.5 Å². The van der Waals surface area contributed by atoms with E-state index in [1.54, 1.807) is 13.2 Å². The van der Waals surface area contributed by atoms with Crippen LogP contribution in [0, 0.1) is 0 Å². The minimum Gasteiger partial charge on any atom is -0.496 e. The topological polar surface area (TPSA) is 84.5 Å². The summed E-state index contributed by atoms with van der Waals surface area (Å²) in [6, 6.07) is 28.0. The second kappa shape index (κ2) is 11.1. The van der Waals surface area contributed by atoms with Gasteiger partial charge < -0.3 is 10.1 Å². The van der Waals surface area contributed by atoms with Crippen molar-refractivity contribution in [1.29, 1.82) is 0 Å². The summed E-state index contributed by atoms with van der Waals surface area (Å²) in [6.45, 7) is 0. The molecule has 1 heterocycles. The normalized spacial score (nSPS) is 17.3. The zero-order valence-electron chi connectivity index (χ0n) is 24.4.